The predicted octanol–water partition coefficient (Wildman–Crippen LogP) is 3.59. The molecule has 0 aliphatic carbocycles. The molecule has 0 unspecified atom stereocenters. The number of hydrogen-bond acceptors (Lipinski definition) is 4. The topological polar surface area (TPSA) is 74.7 Å². The summed E-state index contributed by atoms with van der Waals surface area (Å²) in [4.78, 5) is 0. The first kappa shape index (κ1) is 21.1. The molecule has 2 N–H and O–H groups in total. The van der Waals surface area contributed by atoms with E-state index in [0.29, 0.717) is 11.4 Å². The van der Waals surface area contributed by atoms with Crippen molar-refractivity contribution < 1.29 is 26.8 Å². The summed E-state index contributed by atoms with van der Waals surface area (Å²) in [5.41, 5.74) is 2.47. The van der Waals surface area contributed by atoms with E-state index in [4.69, 9.17) is 0 Å². The summed E-state index contributed by atoms with van der Waals surface area (Å²) in [6, 6.07) is 4.01. The summed E-state index contributed by atoms with van der Waals surface area (Å²) in [6.45, 7) is 12.7. The number of halogens is 1. The monoisotopic (exact) mass is 358 g/mol. The standard InChI is InChI=1S/C15H22N4O.ClH.Ti/c1-14(2,3)9-7-10(13-16-18-19-17-13)12(20)11(8-9)15(4,5)6;;/h7-8,20H,1-6H3,(H,16,17,18,19);1H;. The summed E-state index contributed by atoms with van der Waals surface area (Å²) in [7, 11) is 0. The summed E-state index contributed by atoms with van der Waals surface area (Å²) in [5, 5.41) is 24.5. The van der Waals surface area contributed by atoms with Crippen LogP contribution in [0, 0.1) is 0 Å². The van der Waals surface area contributed by atoms with E-state index in [2.05, 4.69) is 68.2 Å². The minimum Gasteiger partial charge on any atom is -0.507 e. The molecule has 0 amide bonds. The third-order valence-corrected chi connectivity index (χ3v) is 3.37. The fourth-order valence-corrected chi connectivity index (χ4v) is 2.09. The van der Waals surface area contributed by atoms with Gasteiger partial charge >= 0.3 is 0 Å². The van der Waals surface area contributed by atoms with Gasteiger partial charge in [0.05, 0.1) is 5.56 Å². The van der Waals surface area contributed by atoms with Crippen LogP contribution in [0.25, 0.3) is 11.4 Å². The molecule has 0 aliphatic heterocycles. The first-order valence-electron chi connectivity index (χ1n) is 6.72. The quantitative estimate of drug-likeness (QED) is 0.764. The van der Waals surface area contributed by atoms with Crippen LogP contribution in [0.3, 0.4) is 0 Å². The van der Waals surface area contributed by atoms with Crippen LogP contribution in [0.1, 0.15) is 52.7 Å². The van der Waals surface area contributed by atoms with Gasteiger partial charge in [-0.2, -0.15) is 5.21 Å². The third kappa shape index (κ3) is 4.31. The van der Waals surface area contributed by atoms with Crippen LogP contribution >= 0.6 is 12.4 Å². The summed E-state index contributed by atoms with van der Waals surface area (Å²) in [5.74, 6) is 0.644. The largest absolute Gasteiger partial charge is 0.507 e. The molecular formula is C15H23ClN4OTi. The van der Waals surface area contributed by atoms with Gasteiger partial charge in [-0.05, 0) is 27.7 Å². The predicted molar refractivity (Wildman–Crippen MR) is 85.9 cm³/mol. The van der Waals surface area contributed by atoms with Crippen molar-refractivity contribution in [2.24, 2.45) is 0 Å². The fourth-order valence-electron chi connectivity index (χ4n) is 2.09. The second-order valence-electron chi connectivity index (χ2n) is 7.16. The van der Waals surface area contributed by atoms with Crippen molar-refractivity contribution in [3.63, 3.8) is 0 Å². The number of H-pyrrole nitrogens is 1. The van der Waals surface area contributed by atoms with Crippen molar-refractivity contribution in [1.82, 2.24) is 20.6 Å². The number of phenolic OH excluding ortho intramolecular Hbond substituents is 1. The number of nitrogens with zero attached hydrogens (tertiary/aromatic N) is 3. The number of rotatable bonds is 1. The van der Waals surface area contributed by atoms with Crippen molar-refractivity contribution >= 4 is 12.4 Å². The van der Waals surface area contributed by atoms with E-state index in [-0.39, 0.29) is 50.7 Å². The average Bonchev–Trinajstić information content (AvgIpc) is 2.79. The molecule has 5 nitrogen and oxygen atoms in total. The van der Waals surface area contributed by atoms with Gasteiger partial charge in [0.1, 0.15) is 5.75 Å². The Bertz CT molecular complexity index is 616. The molecule has 1 heterocycles. The second-order valence-corrected chi connectivity index (χ2v) is 7.16. The van der Waals surface area contributed by atoms with Crippen LogP contribution in [0.4, 0.5) is 0 Å². The zero-order valence-electron chi connectivity index (χ0n) is 13.9. The van der Waals surface area contributed by atoms with Gasteiger partial charge in [-0.25, -0.2) is 0 Å². The molecule has 22 heavy (non-hydrogen) atoms. The molecule has 0 saturated heterocycles. The van der Waals surface area contributed by atoms with Gasteiger partial charge < -0.3 is 5.11 Å². The fraction of sp³-hybridized carbons (Fsp3) is 0.533. The zero-order valence-corrected chi connectivity index (χ0v) is 16.2. The molecule has 2 rings (SSSR count). The first-order valence-corrected chi connectivity index (χ1v) is 6.72. The van der Waals surface area contributed by atoms with E-state index in [0.717, 1.165) is 11.1 Å². The number of tetrazole rings is 1. The molecule has 7 heteroatoms. The Morgan fingerprint density at radius 2 is 1.59 bits per heavy atom. The van der Waals surface area contributed by atoms with Gasteiger partial charge in [-0.1, -0.05) is 47.6 Å². The van der Waals surface area contributed by atoms with E-state index in [9.17, 15) is 5.11 Å². The van der Waals surface area contributed by atoms with E-state index in [1.165, 1.54) is 0 Å². The third-order valence-electron chi connectivity index (χ3n) is 3.37. The molecule has 1 aromatic heterocycles. The van der Waals surface area contributed by atoms with Crippen LogP contribution in [-0.4, -0.2) is 25.7 Å². The van der Waals surface area contributed by atoms with Crippen molar-refractivity contribution in [1.29, 1.82) is 0 Å². The molecule has 0 saturated carbocycles. The summed E-state index contributed by atoms with van der Waals surface area (Å²) in [6.07, 6.45) is 0. The van der Waals surface area contributed by atoms with Gasteiger partial charge in [-0.15, -0.1) is 22.6 Å². The Kier molecular flexibility index (Phi) is 6.82. The van der Waals surface area contributed by atoms with Gasteiger partial charge in [0.2, 0.25) is 5.82 Å². The van der Waals surface area contributed by atoms with Gasteiger partial charge in [0.25, 0.3) is 0 Å². The number of hydrogen-bond donors (Lipinski definition) is 2. The van der Waals surface area contributed by atoms with Crippen LogP contribution < -0.4 is 0 Å². The Morgan fingerprint density at radius 1 is 1.00 bits per heavy atom. The minimum atomic E-state index is -0.163. The van der Waals surface area contributed by atoms with Crippen LogP contribution in [-0.2, 0) is 32.5 Å². The number of aromatic nitrogens is 4. The Labute approximate surface area is 152 Å². The van der Waals surface area contributed by atoms with E-state index < -0.39 is 0 Å². The molecule has 0 fully saturated rings. The SMILES string of the molecule is CC(C)(C)c1cc(-c2nn[nH]n2)c(O)c(C(C)(C)C)c1.Cl.[Ti]. The van der Waals surface area contributed by atoms with Crippen molar-refractivity contribution in [3.05, 3.63) is 23.3 Å². The first-order chi connectivity index (χ1) is 9.10. The van der Waals surface area contributed by atoms with E-state index >= 15 is 0 Å². The number of benzene rings is 1. The average molecular weight is 359 g/mol. The van der Waals surface area contributed by atoms with Crippen LogP contribution in [0.2, 0.25) is 0 Å². The van der Waals surface area contributed by atoms with Crippen molar-refractivity contribution in [3.8, 4) is 17.1 Å². The van der Waals surface area contributed by atoms with Gasteiger partial charge in [-0.3, -0.25) is 0 Å². The molecule has 0 aliphatic rings. The molecule has 120 valence electrons. The van der Waals surface area contributed by atoms with Gasteiger partial charge in [0, 0.05) is 27.3 Å². The Hall–Kier alpha value is -0.906. The van der Waals surface area contributed by atoms with E-state index in [1.807, 2.05) is 6.07 Å². The van der Waals surface area contributed by atoms with Crippen LogP contribution in [0.15, 0.2) is 12.1 Å². The molecular weight excluding hydrogens is 336 g/mol. The zero-order chi connectivity index (χ0) is 15.1. The minimum absolute atomic E-state index is 0. The molecule has 2 aromatic rings. The maximum atomic E-state index is 10.6. The van der Waals surface area contributed by atoms with Crippen molar-refractivity contribution in [2.75, 3.05) is 0 Å². The maximum absolute atomic E-state index is 10.6. The normalized spacial score (nSPS) is 11.5. The maximum Gasteiger partial charge on any atom is 0.208 e. The molecule has 0 bridgehead atoms. The Morgan fingerprint density at radius 3 is 2.00 bits per heavy atom. The Balaban J connectivity index is 0.00000220. The van der Waals surface area contributed by atoms with Gasteiger partial charge in [0.15, 0.2) is 0 Å². The number of aromatic hydroxyl groups is 1. The van der Waals surface area contributed by atoms with E-state index in [1.54, 1.807) is 0 Å². The number of nitrogens with one attached hydrogen (secondary N) is 1. The number of phenols is 1. The molecule has 0 radical (unpaired) electrons. The smallest absolute Gasteiger partial charge is 0.208 e. The summed E-state index contributed by atoms with van der Waals surface area (Å²) >= 11 is 0. The summed E-state index contributed by atoms with van der Waals surface area (Å²) < 4.78 is 0. The molecule has 0 spiro atoms. The molecule has 1 aromatic carbocycles. The van der Waals surface area contributed by atoms with Crippen LogP contribution in [0.5, 0.6) is 5.75 Å². The second kappa shape index (κ2) is 7.11. The molecule has 0 atom stereocenters. The number of aromatic amines is 1. The van der Waals surface area contributed by atoms with Crippen molar-refractivity contribution in [2.45, 2.75) is 52.4 Å².